The van der Waals surface area contributed by atoms with Crippen molar-refractivity contribution < 1.29 is 0 Å². The van der Waals surface area contributed by atoms with Crippen LogP contribution in [0.1, 0.15) is 30.5 Å². The summed E-state index contributed by atoms with van der Waals surface area (Å²) in [6, 6.07) is 17.0. The SMILES string of the molecule is Cc1nccc2nc(NCCN3CCC(CCc4ccccc4)CC3)ccc12. The number of nitrogens with one attached hydrogen (secondary N) is 1. The van der Waals surface area contributed by atoms with Gasteiger partial charge < -0.3 is 10.2 Å². The van der Waals surface area contributed by atoms with Crippen LogP contribution in [0.15, 0.2) is 54.7 Å². The Balaban J connectivity index is 1.18. The van der Waals surface area contributed by atoms with Gasteiger partial charge in [-0.25, -0.2) is 4.98 Å². The molecule has 0 amide bonds. The average molecular weight is 375 g/mol. The van der Waals surface area contributed by atoms with E-state index in [9.17, 15) is 0 Å². The Morgan fingerprint density at radius 1 is 1.04 bits per heavy atom. The molecule has 4 heteroatoms. The van der Waals surface area contributed by atoms with Crippen LogP contribution in [0.4, 0.5) is 5.82 Å². The van der Waals surface area contributed by atoms with E-state index in [0.29, 0.717) is 0 Å². The van der Waals surface area contributed by atoms with Gasteiger partial charge in [0.2, 0.25) is 0 Å². The quantitative estimate of drug-likeness (QED) is 0.651. The van der Waals surface area contributed by atoms with Gasteiger partial charge in [0.1, 0.15) is 5.82 Å². The average Bonchev–Trinajstić information content (AvgIpc) is 2.74. The number of pyridine rings is 2. The van der Waals surface area contributed by atoms with Crippen molar-refractivity contribution in [2.24, 2.45) is 5.92 Å². The van der Waals surface area contributed by atoms with Crippen LogP contribution in [-0.4, -0.2) is 41.0 Å². The predicted molar refractivity (Wildman–Crippen MR) is 117 cm³/mol. The Hall–Kier alpha value is -2.46. The molecule has 146 valence electrons. The van der Waals surface area contributed by atoms with E-state index in [2.05, 4.69) is 57.7 Å². The molecule has 28 heavy (non-hydrogen) atoms. The molecule has 0 aliphatic carbocycles. The molecule has 0 unspecified atom stereocenters. The number of nitrogens with zero attached hydrogens (tertiary/aromatic N) is 3. The number of aromatic nitrogens is 2. The number of hydrogen-bond acceptors (Lipinski definition) is 4. The Morgan fingerprint density at radius 2 is 1.86 bits per heavy atom. The Morgan fingerprint density at radius 3 is 2.68 bits per heavy atom. The number of rotatable bonds is 7. The minimum atomic E-state index is 0.878. The zero-order chi connectivity index (χ0) is 19.2. The standard InChI is InChI=1S/C24H30N4/c1-19-22-9-10-24(27-23(22)11-14-25-19)26-15-18-28-16-12-21(13-17-28)8-7-20-5-3-2-4-6-20/h2-6,9-11,14,21H,7-8,12-13,15-18H2,1H3,(H,26,27). The Bertz CT molecular complexity index is 886. The highest BCUT2D eigenvalue weighted by Gasteiger charge is 2.18. The van der Waals surface area contributed by atoms with E-state index in [1.54, 1.807) is 0 Å². The van der Waals surface area contributed by atoms with Crippen molar-refractivity contribution in [3.8, 4) is 0 Å². The molecule has 0 saturated carbocycles. The molecule has 0 spiro atoms. The lowest BCUT2D eigenvalue weighted by Gasteiger charge is -2.32. The number of aryl methyl sites for hydroxylation is 2. The van der Waals surface area contributed by atoms with Crippen molar-refractivity contribution in [1.29, 1.82) is 0 Å². The number of piperidine rings is 1. The van der Waals surface area contributed by atoms with Crippen LogP contribution in [0.2, 0.25) is 0 Å². The maximum absolute atomic E-state index is 4.71. The predicted octanol–water partition coefficient (Wildman–Crippen LogP) is 4.69. The highest BCUT2D eigenvalue weighted by molar-refractivity contribution is 5.81. The molecule has 1 aliphatic heterocycles. The summed E-state index contributed by atoms with van der Waals surface area (Å²) in [6.45, 7) is 6.49. The first kappa shape index (κ1) is 18.9. The molecule has 2 aromatic heterocycles. The van der Waals surface area contributed by atoms with Gasteiger partial charge in [-0.1, -0.05) is 30.3 Å². The molecule has 1 fully saturated rings. The molecule has 1 aromatic carbocycles. The molecule has 0 radical (unpaired) electrons. The molecule has 3 aromatic rings. The summed E-state index contributed by atoms with van der Waals surface area (Å²) in [4.78, 5) is 11.6. The van der Waals surface area contributed by atoms with E-state index in [0.717, 1.165) is 41.4 Å². The van der Waals surface area contributed by atoms with Gasteiger partial charge in [0.05, 0.1) is 5.52 Å². The van der Waals surface area contributed by atoms with E-state index in [1.807, 2.05) is 19.2 Å². The van der Waals surface area contributed by atoms with Gasteiger partial charge in [-0.2, -0.15) is 0 Å². The minimum absolute atomic E-state index is 0.878. The third kappa shape index (κ3) is 4.87. The van der Waals surface area contributed by atoms with Crippen molar-refractivity contribution in [3.63, 3.8) is 0 Å². The first-order valence-corrected chi connectivity index (χ1v) is 10.5. The molecule has 1 aliphatic rings. The van der Waals surface area contributed by atoms with Crippen LogP contribution in [0.3, 0.4) is 0 Å². The maximum Gasteiger partial charge on any atom is 0.126 e. The second-order valence-corrected chi connectivity index (χ2v) is 7.90. The lowest BCUT2D eigenvalue weighted by molar-refractivity contribution is 0.185. The van der Waals surface area contributed by atoms with E-state index in [-0.39, 0.29) is 0 Å². The Kier molecular flexibility index (Phi) is 6.17. The summed E-state index contributed by atoms with van der Waals surface area (Å²) in [5.74, 6) is 1.83. The fourth-order valence-electron chi connectivity index (χ4n) is 4.15. The molecule has 3 heterocycles. The molecular formula is C24H30N4. The maximum atomic E-state index is 4.71. The highest BCUT2D eigenvalue weighted by atomic mass is 15.1. The third-order valence-corrected chi connectivity index (χ3v) is 5.94. The van der Waals surface area contributed by atoms with Crippen molar-refractivity contribution in [2.75, 3.05) is 31.5 Å². The monoisotopic (exact) mass is 374 g/mol. The Labute approximate surface area is 168 Å². The van der Waals surface area contributed by atoms with Gasteiger partial charge in [-0.05, 0) is 75.4 Å². The van der Waals surface area contributed by atoms with Gasteiger partial charge >= 0.3 is 0 Å². The van der Waals surface area contributed by atoms with Crippen LogP contribution in [-0.2, 0) is 6.42 Å². The number of anilines is 1. The third-order valence-electron chi connectivity index (χ3n) is 5.94. The number of likely N-dealkylation sites (tertiary alicyclic amines) is 1. The second kappa shape index (κ2) is 9.16. The molecule has 1 N–H and O–H groups in total. The number of benzene rings is 1. The first-order chi connectivity index (χ1) is 13.8. The van der Waals surface area contributed by atoms with E-state index >= 15 is 0 Å². The lowest BCUT2D eigenvalue weighted by atomic mass is 9.90. The van der Waals surface area contributed by atoms with Gasteiger partial charge in [-0.15, -0.1) is 0 Å². The minimum Gasteiger partial charge on any atom is -0.369 e. The number of fused-ring (bicyclic) bond motifs is 1. The zero-order valence-corrected chi connectivity index (χ0v) is 16.8. The van der Waals surface area contributed by atoms with Crippen molar-refractivity contribution >= 4 is 16.7 Å². The summed E-state index contributed by atoms with van der Waals surface area (Å²) in [7, 11) is 0. The largest absolute Gasteiger partial charge is 0.369 e. The van der Waals surface area contributed by atoms with E-state index < -0.39 is 0 Å². The molecule has 0 bridgehead atoms. The number of hydrogen-bond donors (Lipinski definition) is 1. The fraction of sp³-hybridized carbons (Fsp3) is 0.417. The van der Waals surface area contributed by atoms with Crippen LogP contribution in [0.5, 0.6) is 0 Å². The summed E-state index contributed by atoms with van der Waals surface area (Å²) in [5, 5.41) is 4.62. The van der Waals surface area contributed by atoms with Crippen LogP contribution >= 0.6 is 0 Å². The summed E-state index contributed by atoms with van der Waals surface area (Å²) < 4.78 is 0. The van der Waals surface area contributed by atoms with E-state index in [4.69, 9.17) is 4.98 Å². The normalized spacial score (nSPS) is 15.8. The van der Waals surface area contributed by atoms with Gasteiger partial charge in [0, 0.05) is 30.4 Å². The highest BCUT2D eigenvalue weighted by Crippen LogP contribution is 2.22. The van der Waals surface area contributed by atoms with Gasteiger partial charge in [0.15, 0.2) is 0 Å². The molecule has 4 nitrogen and oxygen atoms in total. The summed E-state index contributed by atoms with van der Waals surface area (Å²) in [5.41, 5.74) is 3.52. The summed E-state index contributed by atoms with van der Waals surface area (Å²) >= 11 is 0. The second-order valence-electron chi connectivity index (χ2n) is 7.90. The van der Waals surface area contributed by atoms with Gasteiger partial charge in [-0.3, -0.25) is 4.98 Å². The van der Waals surface area contributed by atoms with Crippen molar-refractivity contribution in [1.82, 2.24) is 14.9 Å². The van der Waals surface area contributed by atoms with Crippen LogP contribution < -0.4 is 5.32 Å². The molecule has 4 rings (SSSR count). The molecular weight excluding hydrogens is 344 g/mol. The topological polar surface area (TPSA) is 41.1 Å². The van der Waals surface area contributed by atoms with Crippen molar-refractivity contribution in [2.45, 2.75) is 32.6 Å². The fourth-order valence-corrected chi connectivity index (χ4v) is 4.15. The smallest absolute Gasteiger partial charge is 0.126 e. The molecule has 0 atom stereocenters. The van der Waals surface area contributed by atoms with Gasteiger partial charge in [0.25, 0.3) is 0 Å². The first-order valence-electron chi connectivity index (χ1n) is 10.5. The lowest BCUT2D eigenvalue weighted by Crippen LogP contribution is -2.37. The zero-order valence-electron chi connectivity index (χ0n) is 16.8. The van der Waals surface area contributed by atoms with Crippen LogP contribution in [0, 0.1) is 12.8 Å². The molecule has 1 saturated heterocycles. The summed E-state index contributed by atoms with van der Waals surface area (Å²) in [6.07, 6.45) is 7.03. The van der Waals surface area contributed by atoms with Crippen LogP contribution in [0.25, 0.3) is 10.9 Å². The van der Waals surface area contributed by atoms with Crippen molar-refractivity contribution in [3.05, 3.63) is 66.0 Å². The van der Waals surface area contributed by atoms with E-state index in [1.165, 1.54) is 44.3 Å².